The highest BCUT2D eigenvalue weighted by molar-refractivity contribution is 5.48. The van der Waals surface area contributed by atoms with Crippen LogP contribution in [0.15, 0.2) is 11.8 Å². The predicted molar refractivity (Wildman–Crippen MR) is 47.8 cm³/mol. The molecule has 0 aromatic rings. The van der Waals surface area contributed by atoms with Gasteiger partial charge in [0, 0.05) is 12.8 Å². The highest BCUT2D eigenvalue weighted by Crippen LogP contribution is 2.18. The summed E-state index contributed by atoms with van der Waals surface area (Å²) in [4.78, 5) is 9.99. The Balaban J connectivity index is 2.05. The van der Waals surface area contributed by atoms with Gasteiger partial charge in [0.1, 0.15) is 6.29 Å². The summed E-state index contributed by atoms with van der Waals surface area (Å²) in [5, 5.41) is 0. The molecule has 0 heterocycles. The van der Waals surface area contributed by atoms with Crippen LogP contribution in [-0.4, -0.2) is 12.9 Å². The molecular formula is C10H16O2. The van der Waals surface area contributed by atoms with E-state index in [2.05, 4.69) is 6.08 Å². The van der Waals surface area contributed by atoms with Crippen molar-refractivity contribution < 1.29 is 9.53 Å². The molecule has 0 aliphatic heterocycles. The molecule has 0 fully saturated rings. The van der Waals surface area contributed by atoms with Crippen molar-refractivity contribution in [3.63, 3.8) is 0 Å². The third-order valence-electron chi connectivity index (χ3n) is 2.00. The normalized spacial score (nSPS) is 16.8. The van der Waals surface area contributed by atoms with Crippen LogP contribution >= 0.6 is 0 Å². The quantitative estimate of drug-likeness (QED) is 0.465. The molecule has 1 aliphatic rings. The number of aldehydes is 1. The van der Waals surface area contributed by atoms with Crippen LogP contribution in [0.3, 0.4) is 0 Å². The van der Waals surface area contributed by atoms with Gasteiger partial charge in [0.2, 0.25) is 0 Å². The van der Waals surface area contributed by atoms with Crippen LogP contribution in [0.25, 0.3) is 0 Å². The van der Waals surface area contributed by atoms with Crippen LogP contribution in [0.5, 0.6) is 0 Å². The first kappa shape index (κ1) is 9.30. The van der Waals surface area contributed by atoms with Crippen LogP contribution in [0.1, 0.15) is 38.5 Å². The van der Waals surface area contributed by atoms with Crippen molar-refractivity contribution in [2.24, 2.45) is 0 Å². The topological polar surface area (TPSA) is 26.3 Å². The minimum atomic E-state index is 0.618. The molecule has 0 atom stereocenters. The summed E-state index contributed by atoms with van der Waals surface area (Å²) in [5.41, 5.74) is 0. The number of rotatable bonds is 5. The molecule has 0 spiro atoms. The van der Waals surface area contributed by atoms with Crippen LogP contribution in [0, 0.1) is 0 Å². The summed E-state index contributed by atoms with van der Waals surface area (Å²) in [6.45, 7) is 0.699. The van der Waals surface area contributed by atoms with Gasteiger partial charge in [-0.25, -0.2) is 0 Å². The van der Waals surface area contributed by atoms with Crippen LogP contribution in [-0.2, 0) is 9.53 Å². The van der Waals surface area contributed by atoms with Gasteiger partial charge in [-0.1, -0.05) is 0 Å². The first-order chi connectivity index (χ1) is 5.93. The van der Waals surface area contributed by atoms with Crippen LogP contribution in [0.4, 0.5) is 0 Å². The second kappa shape index (κ2) is 5.81. The van der Waals surface area contributed by atoms with E-state index >= 15 is 0 Å². The first-order valence-corrected chi connectivity index (χ1v) is 4.69. The molecule has 0 saturated carbocycles. The number of unbranched alkanes of at least 4 members (excludes halogenated alkanes) is 1. The van der Waals surface area contributed by atoms with E-state index in [1.807, 2.05) is 0 Å². The molecule has 2 heteroatoms. The Bertz CT molecular complexity index is 161. The zero-order valence-electron chi connectivity index (χ0n) is 7.42. The summed E-state index contributed by atoms with van der Waals surface area (Å²) in [6.07, 6.45) is 9.36. The fourth-order valence-corrected chi connectivity index (χ4v) is 1.31. The average Bonchev–Trinajstić information content (AvgIpc) is 2.14. The SMILES string of the molecule is O=CCCCOC1=CCCCC1. The summed E-state index contributed by atoms with van der Waals surface area (Å²) in [5.74, 6) is 1.13. The Kier molecular flexibility index (Phi) is 4.50. The smallest absolute Gasteiger partial charge is 0.120 e. The zero-order valence-corrected chi connectivity index (χ0v) is 7.42. The predicted octanol–water partition coefficient (Wildman–Crippen LogP) is 2.44. The average molecular weight is 168 g/mol. The van der Waals surface area contributed by atoms with E-state index in [4.69, 9.17) is 4.74 Å². The number of ether oxygens (including phenoxy) is 1. The van der Waals surface area contributed by atoms with Gasteiger partial charge in [0.25, 0.3) is 0 Å². The second-order valence-electron chi connectivity index (χ2n) is 3.07. The Hall–Kier alpha value is -0.790. The summed E-state index contributed by atoms with van der Waals surface area (Å²) >= 11 is 0. The van der Waals surface area contributed by atoms with Gasteiger partial charge in [-0.05, 0) is 31.8 Å². The van der Waals surface area contributed by atoms with E-state index in [-0.39, 0.29) is 0 Å². The highest BCUT2D eigenvalue weighted by Gasteiger charge is 2.03. The van der Waals surface area contributed by atoms with Crippen molar-refractivity contribution in [1.29, 1.82) is 0 Å². The van der Waals surface area contributed by atoms with Gasteiger partial charge in [-0.2, -0.15) is 0 Å². The molecule has 0 bridgehead atoms. The molecule has 1 aliphatic carbocycles. The number of allylic oxidation sites excluding steroid dienone is 2. The second-order valence-corrected chi connectivity index (χ2v) is 3.07. The maximum Gasteiger partial charge on any atom is 0.120 e. The van der Waals surface area contributed by atoms with Gasteiger partial charge in [-0.15, -0.1) is 0 Å². The molecule has 0 amide bonds. The Labute approximate surface area is 73.6 Å². The lowest BCUT2D eigenvalue weighted by Crippen LogP contribution is -1.99. The molecule has 0 saturated heterocycles. The van der Waals surface area contributed by atoms with Crippen molar-refractivity contribution in [1.82, 2.24) is 0 Å². The number of carbonyl (C=O) groups is 1. The van der Waals surface area contributed by atoms with E-state index in [0.717, 1.165) is 31.3 Å². The molecule has 1 rings (SSSR count). The third-order valence-corrected chi connectivity index (χ3v) is 2.00. The number of carbonyl (C=O) groups excluding carboxylic acids is 1. The molecule has 12 heavy (non-hydrogen) atoms. The zero-order chi connectivity index (χ0) is 8.65. The molecule has 2 nitrogen and oxygen atoms in total. The maximum atomic E-state index is 9.99. The van der Waals surface area contributed by atoms with Crippen molar-refractivity contribution in [2.45, 2.75) is 38.5 Å². The van der Waals surface area contributed by atoms with Gasteiger partial charge < -0.3 is 9.53 Å². The Morgan fingerprint density at radius 2 is 2.42 bits per heavy atom. The maximum absolute atomic E-state index is 9.99. The van der Waals surface area contributed by atoms with Crippen molar-refractivity contribution in [2.75, 3.05) is 6.61 Å². The molecular weight excluding hydrogens is 152 g/mol. The third kappa shape index (κ3) is 3.56. The lowest BCUT2D eigenvalue weighted by atomic mass is 10.1. The van der Waals surface area contributed by atoms with Crippen molar-refractivity contribution in [3.05, 3.63) is 11.8 Å². The van der Waals surface area contributed by atoms with Crippen molar-refractivity contribution in [3.8, 4) is 0 Å². The Morgan fingerprint density at radius 3 is 3.08 bits per heavy atom. The number of hydrogen-bond acceptors (Lipinski definition) is 2. The lowest BCUT2D eigenvalue weighted by Gasteiger charge is -2.13. The molecule has 68 valence electrons. The minimum Gasteiger partial charge on any atom is -0.498 e. The van der Waals surface area contributed by atoms with Crippen LogP contribution < -0.4 is 0 Å². The molecule has 0 unspecified atom stereocenters. The summed E-state index contributed by atoms with van der Waals surface area (Å²) in [6, 6.07) is 0. The van der Waals surface area contributed by atoms with Crippen molar-refractivity contribution >= 4 is 6.29 Å². The molecule has 0 aromatic heterocycles. The molecule has 0 N–H and O–H groups in total. The molecule has 0 radical (unpaired) electrons. The standard InChI is InChI=1S/C10H16O2/c11-8-4-5-9-12-10-6-2-1-3-7-10/h6,8H,1-5,7,9H2. The fraction of sp³-hybridized carbons (Fsp3) is 0.700. The Morgan fingerprint density at radius 1 is 1.50 bits per heavy atom. The van der Waals surface area contributed by atoms with Gasteiger partial charge in [0.05, 0.1) is 12.4 Å². The van der Waals surface area contributed by atoms with E-state index < -0.39 is 0 Å². The van der Waals surface area contributed by atoms with E-state index in [1.54, 1.807) is 0 Å². The lowest BCUT2D eigenvalue weighted by molar-refractivity contribution is -0.108. The van der Waals surface area contributed by atoms with E-state index in [0.29, 0.717) is 13.0 Å². The van der Waals surface area contributed by atoms with E-state index in [9.17, 15) is 4.79 Å². The highest BCUT2D eigenvalue weighted by atomic mass is 16.5. The fourth-order valence-electron chi connectivity index (χ4n) is 1.31. The minimum absolute atomic E-state index is 0.618. The summed E-state index contributed by atoms with van der Waals surface area (Å²) in [7, 11) is 0. The monoisotopic (exact) mass is 168 g/mol. The first-order valence-electron chi connectivity index (χ1n) is 4.69. The van der Waals surface area contributed by atoms with Crippen LogP contribution in [0.2, 0.25) is 0 Å². The van der Waals surface area contributed by atoms with Gasteiger partial charge in [0.15, 0.2) is 0 Å². The van der Waals surface area contributed by atoms with E-state index in [1.165, 1.54) is 12.8 Å². The summed E-state index contributed by atoms with van der Waals surface area (Å²) < 4.78 is 5.49. The van der Waals surface area contributed by atoms with Gasteiger partial charge in [-0.3, -0.25) is 0 Å². The number of hydrogen-bond donors (Lipinski definition) is 0. The molecule has 0 aromatic carbocycles. The van der Waals surface area contributed by atoms with Gasteiger partial charge >= 0.3 is 0 Å². The largest absolute Gasteiger partial charge is 0.498 e.